The molecule has 0 bridgehead atoms. The molecule has 0 spiro atoms. The molecule has 0 aromatic carbocycles. The van der Waals surface area contributed by atoms with Crippen molar-refractivity contribution in [2.75, 3.05) is 26.2 Å². The number of aromatic nitrogens is 1. The number of hydrogen-bond donors (Lipinski definition) is 0. The van der Waals surface area contributed by atoms with Gasteiger partial charge in [0.1, 0.15) is 6.10 Å². The highest BCUT2D eigenvalue weighted by Gasteiger charge is 2.34. The first-order chi connectivity index (χ1) is 11.1. The molecule has 2 aliphatic heterocycles. The molecule has 0 saturated carbocycles. The first-order valence-corrected chi connectivity index (χ1v) is 8.25. The van der Waals surface area contributed by atoms with Crippen LogP contribution < -0.4 is 4.74 Å². The number of amides is 2. The fourth-order valence-corrected chi connectivity index (χ4v) is 3.31. The smallest absolute Gasteiger partial charge is 0.225 e. The van der Waals surface area contributed by atoms with Crippen molar-refractivity contribution in [2.45, 2.75) is 32.3 Å². The Hall–Kier alpha value is -2.11. The largest absolute Gasteiger partial charge is 0.472 e. The minimum absolute atomic E-state index is 0.0196. The van der Waals surface area contributed by atoms with Gasteiger partial charge in [0.15, 0.2) is 0 Å². The van der Waals surface area contributed by atoms with E-state index in [0.29, 0.717) is 25.5 Å². The molecule has 6 heteroatoms. The number of likely N-dealkylation sites (tertiary alicyclic amines) is 2. The Morgan fingerprint density at radius 2 is 1.87 bits per heavy atom. The van der Waals surface area contributed by atoms with Crippen LogP contribution in [0, 0.1) is 5.92 Å². The second-order valence-corrected chi connectivity index (χ2v) is 6.26. The van der Waals surface area contributed by atoms with Crippen LogP contribution in [-0.4, -0.2) is 58.9 Å². The highest BCUT2D eigenvalue weighted by atomic mass is 16.5. The number of hydrogen-bond acceptors (Lipinski definition) is 4. The summed E-state index contributed by atoms with van der Waals surface area (Å²) in [6.07, 6.45) is 4.09. The first-order valence-electron chi connectivity index (χ1n) is 8.25. The van der Waals surface area contributed by atoms with Gasteiger partial charge >= 0.3 is 0 Å². The van der Waals surface area contributed by atoms with Gasteiger partial charge in [-0.05, 0) is 18.9 Å². The highest BCUT2D eigenvalue weighted by molar-refractivity contribution is 5.80. The summed E-state index contributed by atoms with van der Waals surface area (Å²) >= 11 is 0. The molecule has 1 aromatic rings. The Labute approximate surface area is 136 Å². The molecule has 2 amide bonds. The molecule has 0 radical (unpaired) electrons. The van der Waals surface area contributed by atoms with Gasteiger partial charge in [-0.1, -0.05) is 6.07 Å². The van der Waals surface area contributed by atoms with Gasteiger partial charge in [0, 0.05) is 51.2 Å². The number of nitrogens with zero attached hydrogens (tertiary/aromatic N) is 3. The van der Waals surface area contributed by atoms with Gasteiger partial charge in [0.25, 0.3) is 0 Å². The second kappa shape index (κ2) is 6.98. The van der Waals surface area contributed by atoms with Gasteiger partial charge in [-0.25, -0.2) is 4.98 Å². The van der Waals surface area contributed by atoms with Gasteiger partial charge in [-0.15, -0.1) is 0 Å². The number of piperidine rings is 1. The molecule has 0 aliphatic carbocycles. The van der Waals surface area contributed by atoms with Crippen molar-refractivity contribution in [3.8, 4) is 5.88 Å². The lowest BCUT2D eigenvalue weighted by molar-refractivity contribution is -0.139. The lowest BCUT2D eigenvalue weighted by Gasteiger charge is -2.32. The number of carbonyl (C=O) groups is 2. The van der Waals surface area contributed by atoms with E-state index in [9.17, 15) is 9.59 Å². The van der Waals surface area contributed by atoms with Crippen molar-refractivity contribution < 1.29 is 14.3 Å². The van der Waals surface area contributed by atoms with E-state index in [2.05, 4.69) is 4.98 Å². The van der Waals surface area contributed by atoms with Gasteiger partial charge in [0.2, 0.25) is 17.7 Å². The van der Waals surface area contributed by atoms with Gasteiger partial charge < -0.3 is 14.5 Å². The van der Waals surface area contributed by atoms with Crippen molar-refractivity contribution in [1.82, 2.24) is 14.8 Å². The highest BCUT2D eigenvalue weighted by Crippen LogP contribution is 2.23. The summed E-state index contributed by atoms with van der Waals surface area (Å²) in [5, 5.41) is 0. The predicted octanol–water partition coefficient (Wildman–Crippen LogP) is 1.32. The van der Waals surface area contributed by atoms with Crippen LogP contribution in [0.3, 0.4) is 0 Å². The minimum Gasteiger partial charge on any atom is -0.472 e. The number of rotatable bonds is 3. The van der Waals surface area contributed by atoms with E-state index >= 15 is 0 Å². The summed E-state index contributed by atoms with van der Waals surface area (Å²) in [6, 6.07) is 5.58. The maximum Gasteiger partial charge on any atom is 0.225 e. The molecule has 0 N–H and O–H groups in total. The summed E-state index contributed by atoms with van der Waals surface area (Å²) in [5.74, 6) is 0.960. The van der Waals surface area contributed by atoms with Crippen LogP contribution >= 0.6 is 0 Å². The average Bonchev–Trinajstić information content (AvgIpc) is 3.03. The zero-order valence-corrected chi connectivity index (χ0v) is 13.5. The lowest BCUT2D eigenvalue weighted by atomic mass is 9.95. The van der Waals surface area contributed by atoms with Crippen LogP contribution in [0.5, 0.6) is 5.88 Å². The number of pyridine rings is 1. The maximum atomic E-state index is 12.6. The Morgan fingerprint density at radius 1 is 1.13 bits per heavy atom. The molecular weight excluding hydrogens is 294 g/mol. The summed E-state index contributed by atoms with van der Waals surface area (Å²) in [5.41, 5.74) is 0. The van der Waals surface area contributed by atoms with E-state index in [0.717, 1.165) is 25.8 Å². The van der Waals surface area contributed by atoms with E-state index in [1.165, 1.54) is 0 Å². The molecule has 1 unspecified atom stereocenters. The molecule has 2 fully saturated rings. The van der Waals surface area contributed by atoms with Crippen molar-refractivity contribution >= 4 is 11.8 Å². The van der Waals surface area contributed by atoms with Crippen LogP contribution in [0.25, 0.3) is 0 Å². The topological polar surface area (TPSA) is 62.7 Å². The van der Waals surface area contributed by atoms with Crippen molar-refractivity contribution in [3.63, 3.8) is 0 Å². The van der Waals surface area contributed by atoms with Crippen molar-refractivity contribution in [1.29, 1.82) is 0 Å². The molecule has 124 valence electrons. The monoisotopic (exact) mass is 317 g/mol. The van der Waals surface area contributed by atoms with E-state index in [1.807, 2.05) is 28.0 Å². The molecule has 3 rings (SSSR count). The Balaban J connectivity index is 1.49. The molecule has 6 nitrogen and oxygen atoms in total. The summed E-state index contributed by atoms with van der Waals surface area (Å²) in [4.78, 5) is 31.9. The van der Waals surface area contributed by atoms with Crippen molar-refractivity contribution in [3.05, 3.63) is 24.4 Å². The Morgan fingerprint density at radius 3 is 2.52 bits per heavy atom. The summed E-state index contributed by atoms with van der Waals surface area (Å²) in [7, 11) is 0. The molecule has 1 atom stereocenters. The SMILES string of the molecule is CC(=O)N1CCC(C(=O)N2CCC(Oc3ccccn3)C2)CC1. The molecular formula is C17H23N3O3. The van der Waals surface area contributed by atoms with E-state index in [4.69, 9.17) is 4.74 Å². The molecule has 1 aromatic heterocycles. The predicted molar refractivity (Wildman–Crippen MR) is 84.8 cm³/mol. The average molecular weight is 317 g/mol. The third kappa shape index (κ3) is 3.81. The molecule has 2 aliphatic rings. The van der Waals surface area contributed by atoms with Gasteiger partial charge in [-0.2, -0.15) is 0 Å². The fraction of sp³-hybridized carbons (Fsp3) is 0.588. The minimum atomic E-state index is 0.0196. The van der Waals surface area contributed by atoms with Crippen molar-refractivity contribution in [2.24, 2.45) is 5.92 Å². The first kappa shape index (κ1) is 15.8. The fourth-order valence-electron chi connectivity index (χ4n) is 3.31. The van der Waals surface area contributed by atoms with Gasteiger partial charge in [0.05, 0.1) is 6.54 Å². The quantitative estimate of drug-likeness (QED) is 0.843. The Kier molecular flexibility index (Phi) is 4.79. The van der Waals surface area contributed by atoms with Crippen LogP contribution in [0.1, 0.15) is 26.2 Å². The zero-order chi connectivity index (χ0) is 16.2. The lowest BCUT2D eigenvalue weighted by Crippen LogP contribution is -2.43. The Bertz CT molecular complexity index is 555. The maximum absolute atomic E-state index is 12.6. The third-order valence-electron chi connectivity index (χ3n) is 4.67. The van der Waals surface area contributed by atoms with Crippen LogP contribution in [0.15, 0.2) is 24.4 Å². The second-order valence-electron chi connectivity index (χ2n) is 6.26. The van der Waals surface area contributed by atoms with E-state index in [-0.39, 0.29) is 23.8 Å². The summed E-state index contributed by atoms with van der Waals surface area (Å²) < 4.78 is 5.83. The van der Waals surface area contributed by atoms with E-state index in [1.54, 1.807) is 13.1 Å². The normalized spacial score (nSPS) is 22.2. The standard InChI is InChI=1S/C17H23N3O3/c1-13(21)19-9-5-14(6-10-19)17(22)20-11-7-15(12-20)23-16-4-2-3-8-18-16/h2-4,8,14-15H,5-7,9-12H2,1H3. The van der Waals surface area contributed by atoms with Crippen LogP contribution in [0.2, 0.25) is 0 Å². The van der Waals surface area contributed by atoms with E-state index < -0.39 is 0 Å². The molecule has 3 heterocycles. The third-order valence-corrected chi connectivity index (χ3v) is 4.67. The number of carbonyl (C=O) groups excluding carboxylic acids is 2. The van der Waals surface area contributed by atoms with Crippen LogP contribution in [0.4, 0.5) is 0 Å². The summed E-state index contributed by atoms with van der Waals surface area (Å²) in [6.45, 7) is 4.33. The van der Waals surface area contributed by atoms with Gasteiger partial charge in [-0.3, -0.25) is 9.59 Å². The zero-order valence-electron chi connectivity index (χ0n) is 13.5. The molecule has 23 heavy (non-hydrogen) atoms. The van der Waals surface area contributed by atoms with Crippen LogP contribution in [-0.2, 0) is 9.59 Å². The molecule has 2 saturated heterocycles. The number of ether oxygens (including phenoxy) is 1.